The maximum absolute atomic E-state index is 5.33. The van der Waals surface area contributed by atoms with E-state index in [0.29, 0.717) is 11.6 Å². The molecule has 0 atom stereocenters. The lowest BCUT2D eigenvalue weighted by molar-refractivity contribution is 1.11. The van der Waals surface area contributed by atoms with Crippen LogP contribution >= 0.6 is 0 Å². The van der Waals surface area contributed by atoms with Crippen molar-refractivity contribution in [2.45, 2.75) is 0 Å². The van der Waals surface area contributed by atoms with Crippen molar-refractivity contribution < 1.29 is 0 Å². The summed E-state index contributed by atoms with van der Waals surface area (Å²) in [6, 6.07) is 69.0. The lowest BCUT2D eigenvalue weighted by atomic mass is 9.97. The van der Waals surface area contributed by atoms with Gasteiger partial charge in [-0.05, 0) is 47.5 Å². The van der Waals surface area contributed by atoms with Crippen LogP contribution in [0.1, 0.15) is 0 Å². The van der Waals surface area contributed by atoms with E-state index in [0.717, 1.165) is 83.6 Å². The van der Waals surface area contributed by atoms with Crippen LogP contribution in [-0.2, 0) is 0 Å². The number of hydrogen-bond acceptors (Lipinski definition) is 4. The lowest BCUT2D eigenvalue weighted by Gasteiger charge is -2.12. The van der Waals surface area contributed by atoms with Gasteiger partial charge in [0.1, 0.15) is 5.65 Å². The molecule has 0 N–H and O–H groups in total. The third kappa shape index (κ3) is 6.04. The summed E-state index contributed by atoms with van der Waals surface area (Å²) in [7, 11) is 0. The number of benzene rings is 7. The molecule has 0 aliphatic carbocycles. The third-order valence-electron chi connectivity index (χ3n) is 10.0. The highest BCUT2D eigenvalue weighted by molar-refractivity contribution is 6.14. The van der Waals surface area contributed by atoms with Crippen LogP contribution in [0.4, 0.5) is 0 Å². The van der Waals surface area contributed by atoms with E-state index in [4.69, 9.17) is 19.9 Å². The fourth-order valence-corrected chi connectivity index (χ4v) is 7.39. The van der Waals surface area contributed by atoms with Crippen LogP contribution in [-0.4, -0.2) is 24.5 Å². The van der Waals surface area contributed by atoms with Crippen LogP contribution in [0.3, 0.4) is 0 Å². The first-order valence-electron chi connectivity index (χ1n) is 18.4. The molecule has 3 heterocycles. The molecule has 5 nitrogen and oxygen atoms in total. The van der Waals surface area contributed by atoms with Gasteiger partial charge in [-0.25, -0.2) is 19.9 Å². The van der Waals surface area contributed by atoms with Gasteiger partial charge in [0.15, 0.2) is 11.6 Å². The predicted octanol–water partition coefficient (Wildman–Crippen LogP) is 12.4. The number of hydrogen-bond donors (Lipinski definition) is 0. The van der Waals surface area contributed by atoms with Gasteiger partial charge in [0.05, 0.1) is 28.0 Å². The van der Waals surface area contributed by atoms with Crippen LogP contribution < -0.4 is 0 Å². The molecule has 0 aliphatic rings. The molecule has 0 aliphatic heterocycles. The van der Waals surface area contributed by atoms with Gasteiger partial charge in [-0.1, -0.05) is 164 Å². The van der Waals surface area contributed by atoms with Crippen molar-refractivity contribution in [2.75, 3.05) is 0 Å². The Labute approximate surface area is 318 Å². The molecular weight excluding hydrogens is 671 g/mol. The molecule has 0 saturated heterocycles. The van der Waals surface area contributed by atoms with Crippen LogP contribution in [0.2, 0.25) is 0 Å². The van der Waals surface area contributed by atoms with Crippen molar-refractivity contribution in [1.82, 2.24) is 24.5 Å². The Morgan fingerprint density at radius 2 is 0.800 bits per heavy atom. The molecule has 55 heavy (non-hydrogen) atoms. The van der Waals surface area contributed by atoms with Gasteiger partial charge in [-0.2, -0.15) is 0 Å². The Balaban J connectivity index is 1.14. The summed E-state index contributed by atoms with van der Waals surface area (Å²) in [5.41, 5.74) is 12.8. The van der Waals surface area contributed by atoms with Gasteiger partial charge >= 0.3 is 0 Å². The van der Waals surface area contributed by atoms with Crippen molar-refractivity contribution >= 4 is 21.9 Å². The van der Waals surface area contributed by atoms with Crippen LogP contribution in [0.5, 0.6) is 0 Å². The van der Waals surface area contributed by atoms with Gasteiger partial charge in [-0.3, -0.25) is 4.57 Å². The SMILES string of the molecule is c1ccc(-c2cc(-c3cccc(-c4cccc(-c5nc(-c6ccccc6)nc6c5c5ccccc5n6-c5ccccc5)c4)c3)nc(-c3ccccc3)n2)cc1. The number of rotatable bonds is 7. The molecule has 0 unspecified atom stereocenters. The maximum Gasteiger partial charge on any atom is 0.162 e. The summed E-state index contributed by atoms with van der Waals surface area (Å²) in [5, 5.41) is 2.13. The smallest absolute Gasteiger partial charge is 0.162 e. The van der Waals surface area contributed by atoms with E-state index in [1.165, 1.54) is 0 Å². The second-order valence-electron chi connectivity index (χ2n) is 13.5. The minimum atomic E-state index is 0.683. The average molecular weight is 704 g/mol. The van der Waals surface area contributed by atoms with E-state index >= 15 is 0 Å². The summed E-state index contributed by atoms with van der Waals surface area (Å²) < 4.78 is 2.25. The average Bonchev–Trinajstić information content (AvgIpc) is 3.61. The topological polar surface area (TPSA) is 56.5 Å². The molecule has 0 amide bonds. The number of aromatic nitrogens is 5. The van der Waals surface area contributed by atoms with Crippen LogP contribution in [0.25, 0.3) is 95.3 Å². The zero-order chi connectivity index (χ0) is 36.6. The molecule has 10 rings (SSSR count). The van der Waals surface area contributed by atoms with E-state index in [9.17, 15) is 0 Å². The highest BCUT2D eigenvalue weighted by Crippen LogP contribution is 2.39. The highest BCUT2D eigenvalue weighted by atomic mass is 15.1. The minimum absolute atomic E-state index is 0.683. The Morgan fingerprint density at radius 3 is 1.45 bits per heavy atom. The highest BCUT2D eigenvalue weighted by Gasteiger charge is 2.21. The molecular formula is C50H33N5. The van der Waals surface area contributed by atoms with Gasteiger partial charge in [0.2, 0.25) is 0 Å². The quantitative estimate of drug-likeness (QED) is 0.166. The van der Waals surface area contributed by atoms with Crippen LogP contribution in [0.15, 0.2) is 200 Å². The summed E-state index contributed by atoms with van der Waals surface area (Å²) in [6.45, 7) is 0. The Bertz CT molecular complexity index is 2900. The monoisotopic (exact) mass is 703 g/mol. The molecule has 3 aromatic heterocycles. The summed E-state index contributed by atoms with van der Waals surface area (Å²) in [5.74, 6) is 1.38. The fourth-order valence-electron chi connectivity index (χ4n) is 7.39. The van der Waals surface area contributed by atoms with Gasteiger partial charge in [0, 0.05) is 38.9 Å². The zero-order valence-electron chi connectivity index (χ0n) is 29.8. The van der Waals surface area contributed by atoms with E-state index < -0.39 is 0 Å². The van der Waals surface area contributed by atoms with E-state index in [-0.39, 0.29) is 0 Å². The fraction of sp³-hybridized carbons (Fsp3) is 0. The molecule has 7 aromatic carbocycles. The van der Waals surface area contributed by atoms with Crippen molar-refractivity contribution in [3.05, 3.63) is 200 Å². The van der Waals surface area contributed by atoms with Crippen molar-refractivity contribution in [3.8, 4) is 73.4 Å². The second-order valence-corrected chi connectivity index (χ2v) is 13.5. The Hall–Kier alpha value is -7.50. The van der Waals surface area contributed by atoms with Crippen LogP contribution in [0, 0.1) is 0 Å². The number of nitrogens with zero attached hydrogens (tertiary/aromatic N) is 5. The molecule has 0 spiro atoms. The molecule has 0 bridgehead atoms. The van der Waals surface area contributed by atoms with Gasteiger partial charge in [0.25, 0.3) is 0 Å². The second kappa shape index (κ2) is 13.8. The molecule has 0 fully saturated rings. The number of fused-ring (bicyclic) bond motifs is 3. The molecule has 258 valence electrons. The first kappa shape index (κ1) is 32.2. The first-order chi connectivity index (χ1) is 27.3. The number of para-hydroxylation sites is 2. The minimum Gasteiger partial charge on any atom is -0.294 e. The normalized spacial score (nSPS) is 11.3. The van der Waals surface area contributed by atoms with Gasteiger partial charge < -0.3 is 0 Å². The largest absolute Gasteiger partial charge is 0.294 e. The zero-order valence-corrected chi connectivity index (χ0v) is 29.8. The predicted molar refractivity (Wildman–Crippen MR) is 225 cm³/mol. The van der Waals surface area contributed by atoms with Crippen molar-refractivity contribution in [2.24, 2.45) is 0 Å². The van der Waals surface area contributed by atoms with Crippen molar-refractivity contribution in [3.63, 3.8) is 0 Å². The Kier molecular flexibility index (Phi) is 8.08. The first-order valence-corrected chi connectivity index (χ1v) is 18.4. The van der Waals surface area contributed by atoms with Gasteiger partial charge in [-0.15, -0.1) is 0 Å². The summed E-state index contributed by atoms with van der Waals surface area (Å²) >= 11 is 0. The van der Waals surface area contributed by atoms with E-state index in [1.807, 2.05) is 60.7 Å². The molecule has 10 aromatic rings. The Morgan fingerprint density at radius 1 is 0.327 bits per heavy atom. The third-order valence-corrected chi connectivity index (χ3v) is 10.0. The summed E-state index contributed by atoms with van der Waals surface area (Å²) in [6.07, 6.45) is 0. The molecule has 5 heteroatoms. The summed E-state index contributed by atoms with van der Waals surface area (Å²) in [4.78, 5) is 20.7. The lowest BCUT2D eigenvalue weighted by Crippen LogP contribution is -1.99. The van der Waals surface area contributed by atoms with Crippen molar-refractivity contribution in [1.29, 1.82) is 0 Å². The molecule has 0 radical (unpaired) electrons. The standard InChI is InChI=1S/C50H33N5/c1-5-17-34(18-6-1)43-33-44(52-48(51-43)35-19-7-2-8-20-35)39-25-15-23-37(31-39)38-24-16-26-40(32-38)47-46-42-29-13-14-30-45(42)55(41-27-11-4-12-28-41)50(46)54-49(53-47)36-21-9-3-10-22-36/h1-33H. The van der Waals surface area contributed by atoms with E-state index in [1.54, 1.807) is 0 Å². The maximum atomic E-state index is 5.33. The van der Waals surface area contributed by atoms with E-state index in [2.05, 4.69) is 144 Å². The molecule has 0 saturated carbocycles.